The van der Waals surface area contributed by atoms with Gasteiger partial charge in [-0.05, 0) is 5.41 Å². The van der Waals surface area contributed by atoms with Crippen molar-refractivity contribution in [1.29, 1.82) is 0 Å². The van der Waals surface area contributed by atoms with E-state index >= 15 is 0 Å². The minimum atomic E-state index is -0.341. The lowest BCUT2D eigenvalue weighted by Gasteiger charge is -2.22. The lowest BCUT2D eigenvalue weighted by Crippen LogP contribution is -2.42. The van der Waals surface area contributed by atoms with Crippen LogP contribution in [-0.2, 0) is 4.79 Å². The highest BCUT2D eigenvalue weighted by molar-refractivity contribution is 8.02. The SMILES string of the molecule is O=C1CNC(=O)N1N1C=CSC1. The normalized spacial score (nSPS) is 22.3. The van der Waals surface area contributed by atoms with Crippen molar-refractivity contribution in [2.75, 3.05) is 12.4 Å². The first kappa shape index (κ1) is 7.48. The number of amides is 3. The number of hydrogen-bond acceptors (Lipinski definition) is 4. The highest BCUT2D eigenvalue weighted by Crippen LogP contribution is 2.18. The maximum atomic E-state index is 11.1. The van der Waals surface area contributed by atoms with E-state index in [1.807, 2.05) is 5.41 Å². The number of urea groups is 1. The zero-order chi connectivity index (χ0) is 8.55. The van der Waals surface area contributed by atoms with Gasteiger partial charge in [0.15, 0.2) is 0 Å². The van der Waals surface area contributed by atoms with Gasteiger partial charge in [0, 0.05) is 6.20 Å². The second-order valence-electron chi connectivity index (χ2n) is 2.38. The summed E-state index contributed by atoms with van der Waals surface area (Å²) in [6.45, 7) is 0.105. The molecular weight excluding hydrogens is 178 g/mol. The van der Waals surface area contributed by atoms with Crippen LogP contribution >= 0.6 is 11.8 Å². The van der Waals surface area contributed by atoms with E-state index in [2.05, 4.69) is 5.32 Å². The average Bonchev–Trinajstić information content (AvgIpc) is 2.61. The standard InChI is InChI=1S/C6H7N3O2S/c10-5-3-7-6(11)9(5)8-1-2-12-4-8/h1-2H,3-4H2,(H,7,11). The molecule has 0 saturated carbocycles. The number of hydrogen-bond donors (Lipinski definition) is 1. The highest BCUT2D eigenvalue weighted by Gasteiger charge is 2.33. The summed E-state index contributed by atoms with van der Waals surface area (Å²) in [7, 11) is 0. The van der Waals surface area contributed by atoms with Crippen molar-refractivity contribution >= 4 is 23.7 Å². The van der Waals surface area contributed by atoms with E-state index in [0.717, 1.165) is 5.01 Å². The van der Waals surface area contributed by atoms with E-state index in [1.54, 1.807) is 23.0 Å². The Labute approximate surface area is 73.3 Å². The van der Waals surface area contributed by atoms with Gasteiger partial charge in [-0.25, -0.2) is 4.79 Å². The summed E-state index contributed by atoms with van der Waals surface area (Å²) in [5.74, 6) is 0.422. The summed E-state index contributed by atoms with van der Waals surface area (Å²) in [4.78, 5) is 22.2. The van der Waals surface area contributed by atoms with Crippen molar-refractivity contribution < 1.29 is 9.59 Å². The Morgan fingerprint density at radius 2 is 2.33 bits per heavy atom. The van der Waals surface area contributed by atoms with Gasteiger partial charge in [-0.3, -0.25) is 9.80 Å². The Balaban J connectivity index is 2.15. The lowest BCUT2D eigenvalue weighted by atomic mass is 10.6. The van der Waals surface area contributed by atoms with Crippen molar-refractivity contribution in [2.24, 2.45) is 0 Å². The molecule has 0 radical (unpaired) electrons. The Morgan fingerprint density at radius 1 is 1.50 bits per heavy atom. The summed E-state index contributed by atoms with van der Waals surface area (Å²) in [5.41, 5.74) is 0. The van der Waals surface area contributed by atoms with Gasteiger partial charge in [-0.2, -0.15) is 5.01 Å². The number of nitrogens with one attached hydrogen (secondary N) is 1. The van der Waals surface area contributed by atoms with E-state index in [-0.39, 0.29) is 18.5 Å². The van der Waals surface area contributed by atoms with Crippen LogP contribution in [0, 0.1) is 0 Å². The van der Waals surface area contributed by atoms with Crippen LogP contribution in [-0.4, -0.2) is 34.4 Å². The Bertz CT molecular complexity index is 250. The Kier molecular flexibility index (Phi) is 1.69. The predicted octanol–water partition coefficient (Wildman–Crippen LogP) is -0.0693. The van der Waals surface area contributed by atoms with Crippen molar-refractivity contribution in [3.8, 4) is 0 Å². The quantitative estimate of drug-likeness (QED) is 0.581. The predicted molar refractivity (Wildman–Crippen MR) is 43.7 cm³/mol. The van der Waals surface area contributed by atoms with Crippen LogP contribution in [0.3, 0.4) is 0 Å². The molecule has 2 rings (SSSR count). The maximum Gasteiger partial charge on any atom is 0.344 e. The zero-order valence-electron chi connectivity index (χ0n) is 6.19. The van der Waals surface area contributed by atoms with Gasteiger partial charge in [0.05, 0.1) is 5.88 Å². The molecule has 1 fully saturated rings. The van der Waals surface area contributed by atoms with E-state index in [0.29, 0.717) is 5.88 Å². The Hall–Kier alpha value is -1.17. The van der Waals surface area contributed by atoms with Gasteiger partial charge in [-0.15, -0.1) is 11.8 Å². The minimum Gasteiger partial charge on any atom is -0.327 e. The molecule has 0 spiro atoms. The van der Waals surface area contributed by atoms with E-state index < -0.39 is 0 Å². The second-order valence-corrected chi connectivity index (χ2v) is 3.25. The zero-order valence-corrected chi connectivity index (χ0v) is 7.00. The molecule has 2 aliphatic heterocycles. The first-order valence-corrected chi connectivity index (χ1v) is 4.49. The third kappa shape index (κ3) is 1.04. The van der Waals surface area contributed by atoms with Crippen LogP contribution in [0.5, 0.6) is 0 Å². The number of thioether (sulfide) groups is 1. The molecule has 6 heteroatoms. The number of hydrazine groups is 1. The summed E-state index contributed by atoms with van der Waals surface area (Å²) in [6.07, 6.45) is 1.72. The fraction of sp³-hybridized carbons (Fsp3) is 0.333. The molecule has 1 saturated heterocycles. The summed E-state index contributed by atoms with van der Waals surface area (Å²) in [5, 5.41) is 7.01. The van der Waals surface area contributed by atoms with Gasteiger partial charge < -0.3 is 5.32 Å². The Morgan fingerprint density at radius 3 is 2.83 bits per heavy atom. The van der Waals surface area contributed by atoms with Crippen molar-refractivity contribution in [1.82, 2.24) is 15.3 Å². The molecule has 1 N–H and O–H groups in total. The van der Waals surface area contributed by atoms with E-state index in [9.17, 15) is 9.59 Å². The fourth-order valence-corrected chi connectivity index (χ4v) is 1.74. The average molecular weight is 185 g/mol. The first-order chi connectivity index (χ1) is 5.79. The molecular formula is C6H7N3O2S. The van der Waals surface area contributed by atoms with Gasteiger partial charge in [0.2, 0.25) is 0 Å². The van der Waals surface area contributed by atoms with Crippen molar-refractivity contribution in [2.45, 2.75) is 0 Å². The molecule has 5 nitrogen and oxygen atoms in total. The fourth-order valence-electron chi connectivity index (χ4n) is 1.07. The third-order valence-electron chi connectivity index (χ3n) is 1.61. The van der Waals surface area contributed by atoms with Crippen LogP contribution in [0.1, 0.15) is 0 Å². The molecule has 0 atom stereocenters. The van der Waals surface area contributed by atoms with Crippen LogP contribution in [0.15, 0.2) is 11.6 Å². The summed E-state index contributed by atoms with van der Waals surface area (Å²) in [6, 6.07) is -0.341. The largest absolute Gasteiger partial charge is 0.344 e. The summed E-state index contributed by atoms with van der Waals surface area (Å²) >= 11 is 1.54. The van der Waals surface area contributed by atoms with Crippen LogP contribution < -0.4 is 5.32 Å². The lowest BCUT2D eigenvalue weighted by molar-refractivity contribution is -0.132. The van der Waals surface area contributed by atoms with Gasteiger partial charge in [-0.1, -0.05) is 0 Å². The van der Waals surface area contributed by atoms with E-state index in [1.165, 1.54) is 0 Å². The van der Waals surface area contributed by atoms with E-state index in [4.69, 9.17) is 0 Å². The molecule has 0 unspecified atom stereocenters. The number of rotatable bonds is 1. The smallest absolute Gasteiger partial charge is 0.327 e. The van der Waals surface area contributed by atoms with Crippen LogP contribution in [0.2, 0.25) is 0 Å². The van der Waals surface area contributed by atoms with Gasteiger partial charge >= 0.3 is 6.03 Å². The van der Waals surface area contributed by atoms with Crippen molar-refractivity contribution in [3.05, 3.63) is 11.6 Å². The van der Waals surface area contributed by atoms with Gasteiger partial charge in [0.25, 0.3) is 5.91 Å². The molecule has 0 aromatic carbocycles. The molecule has 0 aromatic rings. The first-order valence-electron chi connectivity index (χ1n) is 3.44. The summed E-state index contributed by atoms with van der Waals surface area (Å²) < 4.78 is 0. The molecule has 64 valence electrons. The van der Waals surface area contributed by atoms with Crippen molar-refractivity contribution in [3.63, 3.8) is 0 Å². The molecule has 0 aliphatic carbocycles. The molecule has 2 heterocycles. The van der Waals surface area contributed by atoms with Gasteiger partial charge in [0.1, 0.15) is 6.54 Å². The molecule has 3 amide bonds. The number of nitrogens with zero attached hydrogens (tertiary/aromatic N) is 2. The third-order valence-corrected chi connectivity index (χ3v) is 2.34. The number of imide groups is 1. The second kappa shape index (κ2) is 2.71. The number of carbonyl (C=O) groups is 2. The molecule has 0 aromatic heterocycles. The molecule has 2 aliphatic rings. The minimum absolute atomic E-state index is 0.105. The topological polar surface area (TPSA) is 52.7 Å². The monoisotopic (exact) mass is 185 g/mol. The molecule has 0 bridgehead atoms. The maximum absolute atomic E-state index is 11.1. The number of carbonyl (C=O) groups excluding carboxylic acids is 2. The molecule has 12 heavy (non-hydrogen) atoms. The highest BCUT2D eigenvalue weighted by atomic mass is 32.2. The van der Waals surface area contributed by atoms with Crippen LogP contribution in [0.4, 0.5) is 4.79 Å². The van der Waals surface area contributed by atoms with Crippen LogP contribution in [0.25, 0.3) is 0 Å².